The molecule has 0 atom stereocenters. The van der Waals surface area contributed by atoms with Crippen molar-refractivity contribution in [2.75, 3.05) is 13.3 Å². The fourth-order valence-corrected chi connectivity index (χ4v) is 3.99. The summed E-state index contributed by atoms with van der Waals surface area (Å²) < 4.78 is 9.94. The fourth-order valence-electron chi connectivity index (χ4n) is 3.99. The third kappa shape index (κ3) is 13.2. The van der Waals surface area contributed by atoms with E-state index in [1.807, 2.05) is 30.5 Å². The van der Waals surface area contributed by atoms with Crippen LogP contribution in [-0.2, 0) is 20.7 Å². The minimum atomic E-state index is -0.584. The number of aromatic amines is 1. The third-order valence-corrected chi connectivity index (χ3v) is 6.08. The Kier molecular flexibility index (Phi) is 15.6. The van der Waals surface area contributed by atoms with Gasteiger partial charge in [0.05, 0.1) is 0 Å². The van der Waals surface area contributed by atoms with Crippen LogP contribution >= 0.6 is 0 Å². The van der Waals surface area contributed by atoms with Gasteiger partial charge in [-0.05, 0) is 56.6 Å². The zero-order chi connectivity index (χ0) is 25.7. The maximum absolute atomic E-state index is 11.8. The number of hydrogen-bond donors (Lipinski definition) is 2. The summed E-state index contributed by atoms with van der Waals surface area (Å²) in [5.41, 5.74) is 2.21. The van der Waals surface area contributed by atoms with Crippen molar-refractivity contribution < 1.29 is 19.1 Å². The lowest BCUT2D eigenvalue weighted by Gasteiger charge is -2.08. The third-order valence-electron chi connectivity index (χ3n) is 6.08. The molecule has 36 heavy (non-hydrogen) atoms. The summed E-state index contributed by atoms with van der Waals surface area (Å²) in [4.78, 5) is 26.8. The number of carbonyl (C=O) groups is 2. The molecule has 6 nitrogen and oxygen atoms in total. The number of amides is 1. The van der Waals surface area contributed by atoms with Crippen LogP contribution in [0.25, 0.3) is 10.9 Å². The van der Waals surface area contributed by atoms with Crippen molar-refractivity contribution in [1.29, 1.82) is 0 Å². The van der Waals surface area contributed by atoms with Gasteiger partial charge in [0.25, 0.3) is 0 Å². The molecule has 0 fully saturated rings. The average Bonchev–Trinajstić information content (AvgIpc) is 3.29. The number of hydrogen-bond acceptors (Lipinski definition) is 4. The Bertz CT molecular complexity index is 932. The molecule has 0 unspecified atom stereocenters. The maximum Gasteiger partial charge on any atom is 0.410 e. The van der Waals surface area contributed by atoms with Crippen LogP contribution in [0.15, 0.2) is 54.8 Å². The number of H-pyrrole nitrogens is 1. The summed E-state index contributed by atoms with van der Waals surface area (Å²) in [5, 5.41) is 3.83. The number of benzene rings is 1. The van der Waals surface area contributed by atoms with Crippen molar-refractivity contribution in [3.8, 4) is 0 Å². The second-order valence-corrected chi connectivity index (χ2v) is 9.08. The summed E-state index contributed by atoms with van der Waals surface area (Å²) in [6, 6.07) is 8.04. The van der Waals surface area contributed by atoms with Crippen molar-refractivity contribution in [3.63, 3.8) is 0 Å². The average molecular weight is 497 g/mol. The highest BCUT2D eigenvalue weighted by molar-refractivity contribution is 5.83. The van der Waals surface area contributed by atoms with Gasteiger partial charge in [0.15, 0.2) is 0 Å². The minimum absolute atomic E-state index is 0.327. The lowest BCUT2D eigenvalue weighted by molar-refractivity contribution is -0.151. The first-order chi connectivity index (χ1) is 17.7. The molecular weight excluding hydrogens is 452 g/mol. The van der Waals surface area contributed by atoms with Gasteiger partial charge in [0.1, 0.15) is 0 Å². The van der Waals surface area contributed by atoms with E-state index in [1.165, 1.54) is 38.5 Å². The van der Waals surface area contributed by atoms with Crippen molar-refractivity contribution in [3.05, 3.63) is 60.3 Å². The Morgan fingerprint density at radius 1 is 0.889 bits per heavy atom. The molecule has 1 amide bonds. The van der Waals surface area contributed by atoms with Crippen LogP contribution < -0.4 is 5.32 Å². The zero-order valence-electron chi connectivity index (χ0n) is 21.9. The van der Waals surface area contributed by atoms with Crippen LogP contribution in [0.4, 0.5) is 4.79 Å². The summed E-state index contributed by atoms with van der Waals surface area (Å²) in [5.74, 6) is -0.327. The molecule has 1 aromatic heterocycles. The van der Waals surface area contributed by atoms with Crippen molar-refractivity contribution in [2.45, 2.75) is 90.4 Å². The number of carbonyl (C=O) groups excluding carboxylic acids is 2. The Labute approximate surface area is 216 Å². The molecule has 0 aliphatic rings. The fraction of sp³-hybridized carbons (Fsp3) is 0.533. The van der Waals surface area contributed by atoms with Gasteiger partial charge in [0.2, 0.25) is 6.79 Å². The van der Waals surface area contributed by atoms with Gasteiger partial charge in [-0.1, -0.05) is 81.5 Å². The quantitative estimate of drug-likeness (QED) is 0.0901. The summed E-state index contributed by atoms with van der Waals surface area (Å²) >= 11 is 0. The van der Waals surface area contributed by atoms with Gasteiger partial charge < -0.3 is 19.8 Å². The first-order valence-electron chi connectivity index (χ1n) is 13.6. The molecule has 0 aliphatic carbocycles. The van der Waals surface area contributed by atoms with Gasteiger partial charge in [0, 0.05) is 30.1 Å². The van der Waals surface area contributed by atoms with E-state index in [9.17, 15) is 9.59 Å². The SMILES string of the molecule is CCCCC/C=C\C/C=C\CCCCCCCC(=O)OCOC(=O)NCCc1c[nH]c2ccccc12. The number of allylic oxidation sites excluding steroid dienone is 4. The summed E-state index contributed by atoms with van der Waals surface area (Å²) in [6.07, 6.45) is 24.0. The molecule has 1 heterocycles. The molecule has 6 heteroatoms. The van der Waals surface area contributed by atoms with E-state index in [0.717, 1.165) is 48.6 Å². The highest BCUT2D eigenvalue weighted by Crippen LogP contribution is 2.17. The van der Waals surface area contributed by atoms with Gasteiger partial charge in [-0.15, -0.1) is 0 Å². The maximum atomic E-state index is 11.8. The van der Waals surface area contributed by atoms with Gasteiger partial charge >= 0.3 is 12.1 Å². The molecule has 0 saturated heterocycles. The molecule has 2 rings (SSSR count). The molecule has 2 N–H and O–H groups in total. The van der Waals surface area contributed by atoms with Crippen LogP contribution in [0.1, 0.15) is 89.5 Å². The molecule has 2 aromatic rings. The highest BCUT2D eigenvalue weighted by atomic mass is 16.7. The van der Waals surface area contributed by atoms with Crippen LogP contribution in [0.5, 0.6) is 0 Å². The number of fused-ring (bicyclic) bond motifs is 1. The lowest BCUT2D eigenvalue weighted by Crippen LogP contribution is -2.27. The number of rotatable bonds is 19. The number of ether oxygens (including phenoxy) is 2. The predicted molar refractivity (Wildman–Crippen MR) is 147 cm³/mol. The molecular formula is C30H44N2O4. The molecule has 0 radical (unpaired) electrons. The predicted octanol–water partition coefficient (Wildman–Crippen LogP) is 7.75. The van der Waals surface area contributed by atoms with Gasteiger partial charge in [-0.25, -0.2) is 4.79 Å². The van der Waals surface area contributed by atoms with Gasteiger partial charge in [-0.2, -0.15) is 0 Å². The van der Waals surface area contributed by atoms with E-state index >= 15 is 0 Å². The second kappa shape index (κ2) is 19.2. The standard InChI is InChI=1S/C30H44N2O4/c1-2-3-4-5-6-7-8-9-10-11-12-13-14-15-16-21-29(33)35-25-36-30(34)31-23-22-26-24-32-28-20-18-17-19-27(26)28/h6-7,9-10,17-20,24,32H,2-5,8,11-16,21-23,25H2,1H3,(H,31,34)/b7-6-,10-9-. The molecule has 0 saturated carbocycles. The van der Waals surface area contributed by atoms with Crippen molar-refractivity contribution in [1.82, 2.24) is 10.3 Å². The summed E-state index contributed by atoms with van der Waals surface area (Å²) in [7, 11) is 0. The van der Waals surface area contributed by atoms with E-state index in [0.29, 0.717) is 19.4 Å². The van der Waals surface area contributed by atoms with Gasteiger partial charge in [-0.3, -0.25) is 4.79 Å². The number of para-hydroxylation sites is 1. The largest absolute Gasteiger partial charge is 0.428 e. The number of unbranched alkanes of at least 4 members (excludes halogenated alkanes) is 8. The van der Waals surface area contributed by atoms with Crippen molar-refractivity contribution >= 4 is 23.0 Å². The van der Waals surface area contributed by atoms with Crippen LogP contribution in [0.2, 0.25) is 0 Å². The summed E-state index contributed by atoms with van der Waals surface area (Å²) in [6.45, 7) is 2.33. The molecule has 198 valence electrons. The van der Waals surface area contributed by atoms with E-state index in [4.69, 9.17) is 9.47 Å². The normalized spacial score (nSPS) is 11.5. The number of nitrogens with one attached hydrogen (secondary N) is 2. The number of aromatic nitrogens is 1. The Morgan fingerprint density at radius 2 is 1.61 bits per heavy atom. The first-order valence-corrected chi connectivity index (χ1v) is 13.6. The number of alkyl carbamates (subject to hydrolysis) is 1. The molecule has 1 aromatic carbocycles. The minimum Gasteiger partial charge on any atom is -0.428 e. The van der Waals surface area contributed by atoms with E-state index in [1.54, 1.807) is 0 Å². The monoisotopic (exact) mass is 496 g/mol. The van der Waals surface area contributed by atoms with E-state index < -0.39 is 6.09 Å². The smallest absolute Gasteiger partial charge is 0.410 e. The Balaban J connectivity index is 1.37. The molecule has 0 bridgehead atoms. The second-order valence-electron chi connectivity index (χ2n) is 9.08. The number of esters is 1. The van der Waals surface area contributed by atoms with Crippen molar-refractivity contribution in [2.24, 2.45) is 0 Å². The molecule has 0 aliphatic heterocycles. The lowest BCUT2D eigenvalue weighted by atomic mass is 10.1. The van der Waals surface area contributed by atoms with Crippen LogP contribution in [0.3, 0.4) is 0 Å². The Morgan fingerprint density at radius 3 is 2.42 bits per heavy atom. The van der Waals surface area contributed by atoms with Crippen LogP contribution in [0, 0.1) is 0 Å². The molecule has 0 spiro atoms. The Hall–Kier alpha value is -3.02. The highest BCUT2D eigenvalue weighted by Gasteiger charge is 2.07. The first kappa shape index (κ1) is 29.2. The van der Waals surface area contributed by atoms with E-state index in [-0.39, 0.29) is 12.8 Å². The zero-order valence-corrected chi connectivity index (χ0v) is 21.9. The van der Waals surface area contributed by atoms with E-state index in [2.05, 4.69) is 41.5 Å². The van der Waals surface area contributed by atoms with Crippen LogP contribution in [-0.4, -0.2) is 30.4 Å². The topological polar surface area (TPSA) is 80.4 Å².